The predicted octanol–water partition coefficient (Wildman–Crippen LogP) is 2.30. The largest absolute Gasteiger partial charge is 0.318 e. The van der Waals surface area contributed by atoms with Crippen LogP contribution in [0, 0.1) is 13.8 Å². The number of amides is 2. The SMILES string of the molecule is C=CCN1C(=O)/C(=C/c2cc(C)n(-c3ccncc3)c2C)C(=O)NC1=S. The van der Waals surface area contributed by atoms with E-state index in [1.165, 1.54) is 4.90 Å². The van der Waals surface area contributed by atoms with Crippen molar-refractivity contribution in [3.8, 4) is 5.69 Å². The molecular weight excluding hydrogens is 348 g/mol. The summed E-state index contributed by atoms with van der Waals surface area (Å²) in [7, 11) is 0. The van der Waals surface area contributed by atoms with Crippen molar-refractivity contribution in [3.63, 3.8) is 0 Å². The molecular formula is C19H18N4O2S. The minimum Gasteiger partial charge on any atom is -0.318 e. The molecule has 26 heavy (non-hydrogen) atoms. The molecule has 0 aromatic carbocycles. The van der Waals surface area contributed by atoms with E-state index in [4.69, 9.17) is 12.2 Å². The number of nitrogens with zero attached hydrogens (tertiary/aromatic N) is 3. The standard InChI is InChI=1S/C19H18N4O2S/c1-4-9-22-18(25)16(17(24)21-19(22)26)11-14-10-12(2)23(13(14)3)15-5-7-20-8-6-15/h4-8,10-11H,1,9H2,2-3H3,(H,21,24,26)/b16-11+. The van der Waals surface area contributed by atoms with Gasteiger partial charge in [-0.05, 0) is 55.9 Å². The molecule has 132 valence electrons. The average molecular weight is 366 g/mol. The Labute approximate surface area is 156 Å². The molecule has 2 aromatic rings. The molecule has 0 radical (unpaired) electrons. The van der Waals surface area contributed by atoms with E-state index in [9.17, 15) is 9.59 Å². The van der Waals surface area contributed by atoms with Gasteiger partial charge in [0.05, 0.1) is 0 Å². The maximum absolute atomic E-state index is 12.7. The van der Waals surface area contributed by atoms with Gasteiger partial charge >= 0.3 is 0 Å². The molecule has 1 fully saturated rings. The van der Waals surface area contributed by atoms with Gasteiger partial charge in [0, 0.05) is 36.0 Å². The van der Waals surface area contributed by atoms with Crippen molar-refractivity contribution < 1.29 is 9.59 Å². The third-order valence-electron chi connectivity index (χ3n) is 4.19. The van der Waals surface area contributed by atoms with Gasteiger partial charge in [0.25, 0.3) is 11.8 Å². The van der Waals surface area contributed by atoms with E-state index >= 15 is 0 Å². The van der Waals surface area contributed by atoms with Gasteiger partial charge in [-0.25, -0.2) is 0 Å². The lowest BCUT2D eigenvalue weighted by atomic mass is 10.1. The number of aromatic nitrogens is 2. The molecule has 7 heteroatoms. The summed E-state index contributed by atoms with van der Waals surface area (Å²) in [5.74, 6) is -0.915. The summed E-state index contributed by atoms with van der Waals surface area (Å²) in [5, 5.41) is 2.65. The number of hydrogen-bond acceptors (Lipinski definition) is 4. The fourth-order valence-electron chi connectivity index (χ4n) is 2.97. The van der Waals surface area contributed by atoms with Crippen LogP contribution in [0.25, 0.3) is 11.8 Å². The fraction of sp³-hybridized carbons (Fsp3) is 0.158. The molecule has 1 N–H and O–H groups in total. The lowest BCUT2D eigenvalue weighted by Crippen LogP contribution is -2.53. The summed E-state index contributed by atoms with van der Waals surface area (Å²) < 4.78 is 2.05. The highest BCUT2D eigenvalue weighted by atomic mass is 32.1. The zero-order valence-electron chi connectivity index (χ0n) is 14.5. The molecule has 3 rings (SSSR count). The normalized spacial score (nSPS) is 16.2. The van der Waals surface area contributed by atoms with Gasteiger partial charge < -0.3 is 4.57 Å². The Kier molecular flexibility index (Phi) is 4.81. The van der Waals surface area contributed by atoms with Gasteiger partial charge in [0.2, 0.25) is 0 Å². The van der Waals surface area contributed by atoms with Crippen LogP contribution in [-0.4, -0.2) is 37.9 Å². The number of aryl methyl sites for hydroxylation is 1. The minimum absolute atomic E-state index is 0.0513. The summed E-state index contributed by atoms with van der Waals surface area (Å²) in [6, 6.07) is 5.74. The summed E-state index contributed by atoms with van der Waals surface area (Å²) in [5.41, 5.74) is 3.72. The van der Waals surface area contributed by atoms with E-state index in [0.717, 1.165) is 22.6 Å². The molecule has 2 aromatic heterocycles. The van der Waals surface area contributed by atoms with Crippen LogP contribution in [-0.2, 0) is 9.59 Å². The number of carbonyl (C=O) groups excluding carboxylic acids is 2. The molecule has 1 aliphatic heterocycles. The van der Waals surface area contributed by atoms with Crippen LogP contribution < -0.4 is 5.32 Å². The summed E-state index contributed by atoms with van der Waals surface area (Å²) in [6.07, 6.45) is 6.61. The highest BCUT2D eigenvalue weighted by Gasteiger charge is 2.32. The van der Waals surface area contributed by atoms with Gasteiger partial charge in [-0.3, -0.25) is 24.8 Å². The summed E-state index contributed by atoms with van der Waals surface area (Å²) in [4.78, 5) is 30.3. The second-order valence-electron chi connectivity index (χ2n) is 5.89. The lowest BCUT2D eigenvalue weighted by molar-refractivity contribution is -0.128. The van der Waals surface area contributed by atoms with Crippen molar-refractivity contribution in [1.29, 1.82) is 0 Å². The van der Waals surface area contributed by atoms with Crippen molar-refractivity contribution in [2.75, 3.05) is 6.54 Å². The zero-order chi connectivity index (χ0) is 18.8. The molecule has 3 heterocycles. The smallest absolute Gasteiger partial charge is 0.265 e. The minimum atomic E-state index is -0.492. The molecule has 0 spiro atoms. The molecule has 0 bridgehead atoms. The van der Waals surface area contributed by atoms with Crippen LogP contribution >= 0.6 is 12.2 Å². The van der Waals surface area contributed by atoms with Crippen LogP contribution in [0.4, 0.5) is 0 Å². The molecule has 0 unspecified atom stereocenters. The van der Waals surface area contributed by atoms with Gasteiger partial charge in [0.1, 0.15) is 5.57 Å². The molecule has 0 atom stereocenters. The number of pyridine rings is 1. The van der Waals surface area contributed by atoms with Crippen LogP contribution in [0.15, 0.2) is 48.8 Å². The quantitative estimate of drug-likeness (QED) is 0.390. The fourth-order valence-corrected chi connectivity index (χ4v) is 3.22. The third-order valence-corrected chi connectivity index (χ3v) is 4.51. The first-order chi connectivity index (χ1) is 12.4. The van der Waals surface area contributed by atoms with Crippen molar-refractivity contribution in [2.45, 2.75) is 13.8 Å². The van der Waals surface area contributed by atoms with Crippen molar-refractivity contribution in [3.05, 3.63) is 65.8 Å². The highest BCUT2D eigenvalue weighted by molar-refractivity contribution is 7.80. The van der Waals surface area contributed by atoms with Crippen molar-refractivity contribution in [1.82, 2.24) is 19.8 Å². The van der Waals surface area contributed by atoms with E-state index in [0.29, 0.717) is 0 Å². The van der Waals surface area contributed by atoms with Crippen LogP contribution in [0.3, 0.4) is 0 Å². The van der Waals surface area contributed by atoms with Gasteiger partial charge in [0.15, 0.2) is 5.11 Å². The van der Waals surface area contributed by atoms with E-state index in [2.05, 4.69) is 16.9 Å². The predicted molar refractivity (Wildman–Crippen MR) is 104 cm³/mol. The van der Waals surface area contributed by atoms with Crippen LogP contribution in [0.5, 0.6) is 0 Å². The highest BCUT2D eigenvalue weighted by Crippen LogP contribution is 2.23. The van der Waals surface area contributed by atoms with Crippen LogP contribution in [0.1, 0.15) is 17.0 Å². The van der Waals surface area contributed by atoms with Gasteiger partial charge in [-0.1, -0.05) is 6.08 Å². The molecule has 2 amide bonds. The molecule has 0 aliphatic carbocycles. The Morgan fingerprint density at radius 1 is 1.27 bits per heavy atom. The molecule has 0 saturated carbocycles. The maximum atomic E-state index is 12.7. The monoisotopic (exact) mass is 366 g/mol. The lowest BCUT2D eigenvalue weighted by Gasteiger charge is -2.27. The van der Waals surface area contributed by atoms with E-state index < -0.39 is 11.8 Å². The van der Waals surface area contributed by atoms with Gasteiger partial charge in [-0.15, -0.1) is 6.58 Å². The number of thiocarbonyl (C=S) groups is 1. The van der Waals surface area contributed by atoms with E-state index in [1.54, 1.807) is 24.5 Å². The van der Waals surface area contributed by atoms with Crippen LogP contribution in [0.2, 0.25) is 0 Å². The summed E-state index contributed by atoms with van der Waals surface area (Å²) in [6.45, 7) is 7.77. The molecule has 1 aliphatic rings. The van der Waals surface area contributed by atoms with Gasteiger partial charge in [-0.2, -0.15) is 0 Å². The summed E-state index contributed by atoms with van der Waals surface area (Å²) >= 11 is 5.07. The first-order valence-electron chi connectivity index (χ1n) is 8.03. The number of hydrogen-bond donors (Lipinski definition) is 1. The van der Waals surface area contributed by atoms with E-state index in [1.807, 2.05) is 36.6 Å². The maximum Gasteiger partial charge on any atom is 0.265 e. The Morgan fingerprint density at radius 3 is 2.62 bits per heavy atom. The Morgan fingerprint density at radius 2 is 1.96 bits per heavy atom. The zero-order valence-corrected chi connectivity index (χ0v) is 15.3. The number of carbonyl (C=O) groups is 2. The topological polar surface area (TPSA) is 67.2 Å². The van der Waals surface area contributed by atoms with E-state index in [-0.39, 0.29) is 17.2 Å². The second-order valence-corrected chi connectivity index (χ2v) is 6.28. The second kappa shape index (κ2) is 7.05. The number of nitrogens with one attached hydrogen (secondary N) is 1. The Bertz CT molecular complexity index is 944. The molecule has 6 nitrogen and oxygen atoms in total. The number of rotatable bonds is 4. The Balaban J connectivity index is 2.05. The first kappa shape index (κ1) is 17.8. The van der Waals surface area contributed by atoms with Crippen molar-refractivity contribution in [2.24, 2.45) is 0 Å². The molecule has 1 saturated heterocycles. The first-order valence-corrected chi connectivity index (χ1v) is 8.44. The average Bonchev–Trinajstić information content (AvgIpc) is 2.89. The Hall–Kier alpha value is -3.06. The third kappa shape index (κ3) is 3.09. The van der Waals surface area contributed by atoms with Crippen molar-refractivity contribution >= 4 is 35.2 Å².